The number of benzene rings is 9. The van der Waals surface area contributed by atoms with Gasteiger partial charge in [0.15, 0.2) is 0 Å². The summed E-state index contributed by atoms with van der Waals surface area (Å²) in [5.74, 6) is 0. The average Bonchev–Trinajstić information content (AvgIpc) is 3.55. The van der Waals surface area contributed by atoms with Gasteiger partial charge in [0.25, 0.3) is 0 Å². The number of aromatic nitrogens is 1. The van der Waals surface area contributed by atoms with Crippen LogP contribution in [0.25, 0.3) is 82.4 Å². The van der Waals surface area contributed by atoms with Gasteiger partial charge >= 0.3 is 0 Å². The maximum absolute atomic E-state index is 2.46. The second-order valence-electron chi connectivity index (χ2n) is 15.2. The summed E-state index contributed by atoms with van der Waals surface area (Å²) in [6, 6.07) is 65.1. The number of fused-ring (bicyclic) bond motifs is 9. The van der Waals surface area contributed by atoms with E-state index < -0.39 is 0 Å². The average molecular weight is 703 g/mol. The van der Waals surface area contributed by atoms with Crippen LogP contribution in [-0.4, -0.2) is 4.57 Å². The SMILES string of the molecule is Cc1cc(-c2ccccc2)ccc1N(c1ccc2cc3c(cc2c1)-c1cc2ccc(-n4c5ccccc5c5ccccc54)cc2cc1-3)c1c(C)cccc1C. The highest BCUT2D eigenvalue weighted by atomic mass is 15.1. The van der Waals surface area contributed by atoms with E-state index in [1.165, 1.54) is 110 Å². The van der Waals surface area contributed by atoms with Crippen LogP contribution in [0.2, 0.25) is 0 Å². The number of nitrogens with zero attached hydrogens (tertiary/aromatic N) is 2. The smallest absolute Gasteiger partial charge is 0.0541 e. The number of rotatable bonds is 5. The fraction of sp³-hybridized carbons (Fsp3) is 0.0566. The van der Waals surface area contributed by atoms with Crippen molar-refractivity contribution in [2.45, 2.75) is 20.8 Å². The molecule has 1 aromatic heterocycles. The van der Waals surface area contributed by atoms with E-state index in [2.05, 4.69) is 206 Å². The van der Waals surface area contributed by atoms with Crippen LogP contribution in [0.4, 0.5) is 17.1 Å². The topological polar surface area (TPSA) is 8.17 Å². The number of aryl methyl sites for hydroxylation is 3. The van der Waals surface area contributed by atoms with Gasteiger partial charge in [0.2, 0.25) is 0 Å². The molecule has 0 saturated carbocycles. The van der Waals surface area contributed by atoms with Gasteiger partial charge < -0.3 is 9.47 Å². The maximum Gasteiger partial charge on any atom is 0.0541 e. The molecule has 9 aromatic carbocycles. The molecule has 0 bridgehead atoms. The Bertz CT molecular complexity index is 3110. The van der Waals surface area contributed by atoms with Crippen LogP contribution in [0.15, 0.2) is 176 Å². The molecular weight excluding hydrogens is 665 g/mol. The molecule has 11 rings (SSSR count). The lowest BCUT2D eigenvalue weighted by atomic mass is 9.78. The van der Waals surface area contributed by atoms with Gasteiger partial charge in [0.05, 0.1) is 16.7 Å². The Hall–Kier alpha value is -6.90. The van der Waals surface area contributed by atoms with Crippen molar-refractivity contribution in [3.05, 3.63) is 193 Å². The number of anilines is 3. The fourth-order valence-corrected chi connectivity index (χ4v) is 9.14. The van der Waals surface area contributed by atoms with Gasteiger partial charge in [-0.25, -0.2) is 0 Å². The molecule has 0 unspecified atom stereocenters. The zero-order chi connectivity index (χ0) is 36.8. The van der Waals surface area contributed by atoms with Gasteiger partial charge in [-0.05, 0) is 165 Å². The lowest BCUT2D eigenvalue weighted by molar-refractivity contribution is 1.19. The normalized spacial score (nSPS) is 11.9. The van der Waals surface area contributed by atoms with Gasteiger partial charge in [0, 0.05) is 27.8 Å². The molecule has 0 aliphatic heterocycles. The van der Waals surface area contributed by atoms with E-state index in [1.54, 1.807) is 0 Å². The van der Waals surface area contributed by atoms with E-state index in [0.29, 0.717) is 0 Å². The molecule has 2 nitrogen and oxygen atoms in total. The summed E-state index contributed by atoms with van der Waals surface area (Å²) in [6.07, 6.45) is 0. The summed E-state index contributed by atoms with van der Waals surface area (Å²) in [4.78, 5) is 2.46. The van der Waals surface area contributed by atoms with Crippen molar-refractivity contribution in [2.24, 2.45) is 0 Å². The zero-order valence-corrected chi connectivity index (χ0v) is 31.1. The summed E-state index contributed by atoms with van der Waals surface area (Å²) in [5, 5.41) is 7.60. The van der Waals surface area contributed by atoms with Gasteiger partial charge in [-0.1, -0.05) is 103 Å². The Morgan fingerprint density at radius 2 is 0.945 bits per heavy atom. The highest BCUT2D eigenvalue weighted by Gasteiger charge is 2.25. The highest BCUT2D eigenvalue weighted by molar-refractivity contribution is 6.13. The van der Waals surface area contributed by atoms with E-state index >= 15 is 0 Å². The minimum atomic E-state index is 1.16. The van der Waals surface area contributed by atoms with Gasteiger partial charge in [-0.3, -0.25) is 0 Å². The first-order valence-electron chi connectivity index (χ1n) is 19.2. The van der Waals surface area contributed by atoms with Crippen molar-refractivity contribution in [3.8, 4) is 39.1 Å². The van der Waals surface area contributed by atoms with Crippen LogP contribution in [0, 0.1) is 20.8 Å². The van der Waals surface area contributed by atoms with Gasteiger partial charge in [0.1, 0.15) is 0 Å². The molecule has 0 radical (unpaired) electrons. The van der Waals surface area contributed by atoms with Crippen molar-refractivity contribution < 1.29 is 0 Å². The molecule has 1 aliphatic rings. The van der Waals surface area contributed by atoms with E-state index in [1.807, 2.05) is 0 Å². The summed E-state index contributed by atoms with van der Waals surface area (Å²) >= 11 is 0. The third-order valence-corrected chi connectivity index (χ3v) is 11.8. The first kappa shape index (κ1) is 31.6. The Morgan fingerprint density at radius 1 is 0.382 bits per heavy atom. The summed E-state index contributed by atoms with van der Waals surface area (Å²) < 4.78 is 2.41. The van der Waals surface area contributed by atoms with Crippen molar-refractivity contribution >= 4 is 60.4 Å². The largest absolute Gasteiger partial charge is 0.310 e. The van der Waals surface area contributed by atoms with Crippen LogP contribution in [0.3, 0.4) is 0 Å². The summed E-state index contributed by atoms with van der Waals surface area (Å²) in [5.41, 5.74) is 18.8. The first-order chi connectivity index (χ1) is 27.0. The maximum atomic E-state index is 2.46. The van der Waals surface area contributed by atoms with E-state index in [9.17, 15) is 0 Å². The molecule has 2 heteroatoms. The van der Waals surface area contributed by atoms with Crippen molar-refractivity contribution in [3.63, 3.8) is 0 Å². The monoisotopic (exact) mass is 702 g/mol. The van der Waals surface area contributed by atoms with Gasteiger partial charge in [-0.15, -0.1) is 0 Å². The lowest BCUT2D eigenvalue weighted by Gasteiger charge is -2.31. The third-order valence-electron chi connectivity index (χ3n) is 11.8. The van der Waals surface area contributed by atoms with Crippen molar-refractivity contribution in [1.29, 1.82) is 0 Å². The standard InChI is InChI=1S/C53H38N2/c1-33-12-11-13-34(2)53(33)55(50-25-22-37(26-35(50)3)36-14-5-4-6-15-36)43-24-21-39-30-47-48-31-40-27-42(23-20-38(40)29-46(48)49(47)32-41(39)28-43)54-51-18-9-7-16-44(51)45-17-8-10-19-52(45)54/h4-32H,1-3H3. The predicted octanol–water partition coefficient (Wildman–Crippen LogP) is 14.8. The Labute approximate surface area is 321 Å². The van der Waals surface area contributed by atoms with Crippen LogP contribution in [0.5, 0.6) is 0 Å². The minimum Gasteiger partial charge on any atom is -0.310 e. The molecule has 1 aliphatic carbocycles. The number of hydrogen-bond donors (Lipinski definition) is 0. The Morgan fingerprint density at radius 3 is 1.58 bits per heavy atom. The summed E-state index contributed by atoms with van der Waals surface area (Å²) in [7, 11) is 0. The van der Waals surface area contributed by atoms with Crippen LogP contribution in [-0.2, 0) is 0 Å². The molecule has 0 atom stereocenters. The van der Waals surface area contributed by atoms with E-state index in [0.717, 1.165) is 5.69 Å². The molecule has 55 heavy (non-hydrogen) atoms. The first-order valence-corrected chi connectivity index (χ1v) is 19.2. The van der Waals surface area contributed by atoms with E-state index in [4.69, 9.17) is 0 Å². The molecular formula is C53H38N2. The molecule has 1 heterocycles. The fourth-order valence-electron chi connectivity index (χ4n) is 9.14. The van der Waals surface area contributed by atoms with Crippen LogP contribution < -0.4 is 4.90 Å². The van der Waals surface area contributed by atoms with Crippen molar-refractivity contribution in [2.75, 3.05) is 4.90 Å². The second kappa shape index (κ2) is 12.1. The molecule has 0 saturated heterocycles. The Kier molecular flexibility index (Phi) is 6.93. The Balaban J connectivity index is 1.01. The van der Waals surface area contributed by atoms with Gasteiger partial charge in [-0.2, -0.15) is 0 Å². The molecule has 0 amide bonds. The molecule has 0 N–H and O–H groups in total. The highest BCUT2D eigenvalue weighted by Crippen LogP contribution is 2.51. The van der Waals surface area contributed by atoms with E-state index in [-0.39, 0.29) is 0 Å². The molecule has 0 spiro atoms. The van der Waals surface area contributed by atoms with Crippen molar-refractivity contribution in [1.82, 2.24) is 4.57 Å². The minimum absolute atomic E-state index is 1.16. The molecule has 260 valence electrons. The number of hydrogen-bond acceptors (Lipinski definition) is 1. The zero-order valence-electron chi connectivity index (χ0n) is 31.1. The third kappa shape index (κ3) is 4.88. The lowest BCUT2D eigenvalue weighted by Crippen LogP contribution is -2.14. The number of para-hydroxylation sites is 3. The second-order valence-corrected chi connectivity index (χ2v) is 15.2. The predicted molar refractivity (Wildman–Crippen MR) is 235 cm³/mol. The quantitative estimate of drug-likeness (QED) is 0.173. The van der Waals surface area contributed by atoms with Crippen LogP contribution in [0.1, 0.15) is 16.7 Å². The molecule has 10 aromatic rings. The summed E-state index contributed by atoms with van der Waals surface area (Å²) in [6.45, 7) is 6.68. The molecule has 0 fully saturated rings. The van der Waals surface area contributed by atoms with Crippen LogP contribution >= 0.6 is 0 Å².